The molecule has 3 heterocycles. The fraction of sp³-hybridized carbons (Fsp3) is 0.385. The van der Waals surface area contributed by atoms with Crippen LogP contribution in [0.15, 0.2) is 47.4 Å². The second-order valence-corrected chi connectivity index (χ2v) is 10.7. The van der Waals surface area contributed by atoms with E-state index in [4.69, 9.17) is 11.6 Å². The van der Waals surface area contributed by atoms with Crippen molar-refractivity contribution in [2.45, 2.75) is 62.8 Å². The molecule has 0 bridgehead atoms. The van der Waals surface area contributed by atoms with Crippen molar-refractivity contribution >= 4 is 17.4 Å². The number of aliphatic hydroxyl groups is 2. The number of halogens is 7. The van der Waals surface area contributed by atoms with Crippen molar-refractivity contribution in [3.63, 3.8) is 0 Å². The highest BCUT2D eigenvalue weighted by Crippen LogP contribution is 2.39. The number of pyridine rings is 1. The Morgan fingerprint density at radius 1 is 1.07 bits per heavy atom. The largest absolute Gasteiger partial charge is 0.420 e. The fourth-order valence-corrected chi connectivity index (χ4v) is 4.45. The molecule has 11 nitrogen and oxygen atoms in total. The summed E-state index contributed by atoms with van der Waals surface area (Å²) in [5.74, 6) is -2.78. The number of carbonyl (C=O) groups excluding carboxylic acids is 1. The van der Waals surface area contributed by atoms with Crippen molar-refractivity contribution in [1.82, 2.24) is 34.1 Å². The van der Waals surface area contributed by atoms with Crippen LogP contribution >= 0.6 is 11.6 Å². The maximum Gasteiger partial charge on any atom is 0.420 e. The van der Waals surface area contributed by atoms with Gasteiger partial charge in [-0.3, -0.25) is 9.36 Å². The van der Waals surface area contributed by atoms with Crippen molar-refractivity contribution in [2.24, 2.45) is 0 Å². The normalized spacial score (nSPS) is 15.4. The summed E-state index contributed by atoms with van der Waals surface area (Å²) in [5.41, 5.74) is -3.26. The predicted octanol–water partition coefficient (Wildman–Crippen LogP) is 3.82. The molecule has 1 aromatic carbocycles. The van der Waals surface area contributed by atoms with Gasteiger partial charge < -0.3 is 10.2 Å². The summed E-state index contributed by atoms with van der Waals surface area (Å²) in [6.07, 6.45) is -11.2. The third-order valence-electron chi connectivity index (χ3n) is 6.89. The highest BCUT2D eigenvalue weighted by atomic mass is 35.5. The maximum atomic E-state index is 13.8. The molecule has 2 N–H and O–H groups in total. The number of ketones is 1. The average Bonchev–Trinajstić information content (AvgIpc) is 3.42. The number of aliphatic hydroxyl groups excluding tert-OH is 1. The minimum atomic E-state index is -5.07. The van der Waals surface area contributed by atoms with Gasteiger partial charge in [-0.2, -0.15) is 31.0 Å². The van der Waals surface area contributed by atoms with Gasteiger partial charge in [-0.25, -0.2) is 19.4 Å². The molecular formula is C26H22ClF6N7O4. The Kier molecular flexibility index (Phi) is 8.15. The van der Waals surface area contributed by atoms with E-state index in [-0.39, 0.29) is 35.1 Å². The number of Topliss-reactive ketones (excluding diaryl/α,β-unsaturated/α-hetero) is 1. The topological polar surface area (TPSA) is 141 Å². The molecule has 1 aliphatic rings. The minimum Gasteiger partial charge on any atom is -0.390 e. The van der Waals surface area contributed by atoms with Crippen LogP contribution in [-0.2, 0) is 19.3 Å². The Morgan fingerprint density at radius 3 is 2.36 bits per heavy atom. The number of nitrogens with zero attached hydrogens (tertiary/aromatic N) is 7. The lowest BCUT2D eigenvalue weighted by molar-refractivity contribution is -0.207. The molecule has 0 radical (unpaired) electrons. The van der Waals surface area contributed by atoms with Crippen LogP contribution in [0.4, 0.5) is 26.3 Å². The number of hydrogen-bond acceptors (Lipinski definition) is 8. The highest BCUT2D eigenvalue weighted by molar-refractivity contribution is 6.30. The van der Waals surface area contributed by atoms with Crippen LogP contribution in [0.3, 0.4) is 0 Å². The number of alkyl halides is 6. The maximum absolute atomic E-state index is 13.8. The van der Waals surface area contributed by atoms with Crippen molar-refractivity contribution < 1.29 is 41.4 Å². The average molecular weight is 646 g/mol. The molecule has 0 aliphatic heterocycles. The second-order valence-electron chi connectivity index (χ2n) is 10.2. The predicted molar refractivity (Wildman–Crippen MR) is 140 cm³/mol. The highest BCUT2D eigenvalue weighted by Gasteiger charge is 2.42. The fourth-order valence-electron chi connectivity index (χ4n) is 4.32. The van der Waals surface area contributed by atoms with Gasteiger partial charge in [-0.15, -0.1) is 10.2 Å². The molecule has 3 aromatic heterocycles. The zero-order chi connectivity index (χ0) is 32.0. The van der Waals surface area contributed by atoms with E-state index >= 15 is 0 Å². The van der Waals surface area contributed by atoms with E-state index < -0.39 is 65.8 Å². The van der Waals surface area contributed by atoms with Crippen LogP contribution < -0.4 is 5.69 Å². The molecule has 1 fully saturated rings. The SMILES string of the molecule is O=C(CCC1(O)CC1)c1nc(Cn2nc(-c3ccc(Cl)cc3)n(C[C@H](O)C(F)(F)F)c2=O)nn1-c1ncccc1C(F)(F)F. The van der Waals surface area contributed by atoms with E-state index in [2.05, 4.69) is 20.2 Å². The number of aromatic nitrogens is 7. The van der Waals surface area contributed by atoms with Crippen molar-refractivity contribution in [2.75, 3.05) is 0 Å². The van der Waals surface area contributed by atoms with Gasteiger partial charge in [0.1, 0.15) is 12.1 Å². The van der Waals surface area contributed by atoms with Gasteiger partial charge in [-0.05, 0) is 55.7 Å². The summed E-state index contributed by atoms with van der Waals surface area (Å²) in [7, 11) is 0. The molecule has 0 amide bonds. The summed E-state index contributed by atoms with van der Waals surface area (Å²) >= 11 is 5.89. The Labute approximate surface area is 248 Å². The van der Waals surface area contributed by atoms with E-state index in [0.29, 0.717) is 26.8 Å². The molecule has 1 saturated carbocycles. The van der Waals surface area contributed by atoms with Gasteiger partial charge in [0.15, 0.2) is 29.4 Å². The first kappa shape index (κ1) is 31.3. The molecule has 0 unspecified atom stereocenters. The van der Waals surface area contributed by atoms with Crippen molar-refractivity contribution in [3.8, 4) is 17.2 Å². The molecule has 0 spiro atoms. The summed E-state index contributed by atoms with van der Waals surface area (Å²) in [6, 6.07) is 7.31. The zero-order valence-corrected chi connectivity index (χ0v) is 23.1. The molecule has 234 valence electrons. The van der Waals surface area contributed by atoms with Crippen LogP contribution in [0, 0.1) is 0 Å². The molecule has 44 heavy (non-hydrogen) atoms. The Bertz CT molecular complexity index is 1740. The first-order valence-corrected chi connectivity index (χ1v) is 13.4. The third-order valence-corrected chi connectivity index (χ3v) is 7.14. The first-order valence-electron chi connectivity index (χ1n) is 13.0. The number of hydrogen-bond donors (Lipinski definition) is 2. The van der Waals surface area contributed by atoms with Crippen LogP contribution in [0.25, 0.3) is 17.2 Å². The molecule has 1 atom stereocenters. The van der Waals surface area contributed by atoms with Crippen molar-refractivity contribution in [3.05, 3.63) is 75.3 Å². The number of benzene rings is 1. The standard InChI is InChI=1S/C26H22ClF6N7O4/c27-15-5-3-14(4-6-15)20-37-39(23(43)38(20)12-18(42)26(31,32)33)13-19-35-22(17(41)7-8-24(44)9-10-24)40(36-19)21-16(25(28,29)30)2-1-11-34-21/h1-6,11,18,42,44H,7-10,12-13H2/t18-/m0/s1. The van der Waals surface area contributed by atoms with E-state index in [1.807, 2.05) is 0 Å². The lowest BCUT2D eigenvalue weighted by Crippen LogP contribution is -2.37. The van der Waals surface area contributed by atoms with Gasteiger partial charge in [0.2, 0.25) is 5.82 Å². The van der Waals surface area contributed by atoms with E-state index in [1.54, 1.807) is 0 Å². The monoisotopic (exact) mass is 645 g/mol. The smallest absolute Gasteiger partial charge is 0.390 e. The van der Waals surface area contributed by atoms with Gasteiger partial charge in [0.25, 0.3) is 0 Å². The van der Waals surface area contributed by atoms with Gasteiger partial charge >= 0.3 is 18.0 Å². The molecule has 18 heteroatoms. The molecule has 0 saturated heterocycles. The van der Waals surface area contributed by atoms with Crippen molar-refractivity contribution in [1.29, 1.82) is 0 Å². The third kappa shape index (κ3) is 6.68. The number of rotatable bonds is 10. The van der Waals surface area contributed by atoms with Crippen LogP contribution in [0.1, 0.15) is 47.7 Å². The van der Waals surface area contributed by atoms with E-state index in [9.17, 15) is 46.1 Å². The molecule has 4 aromatic rings. The lowest BCUT2D eigenvalue weighted by atomic mass is 10.1. The summed E-state index contributed by atoms with van der Waals surface area (Å²) in [4.78, 5) is 34.1. The van der Waals surface area contributed by atoms with Gasteiger partial charge in [0.05, 0.1) is 12.1 Å². The van der Waals surface area contributed by atoms with E-state index in [1.165, 1.54) is 24.3 Å². The van der Waals surface area contributed by atoms with Crippen LogP contribution in [0.5, 0.6) is 0 Å². The molecular weight excluding hydrogens is 624 g/mol. The quantitative estimate of drug-likeness (QED) is 0.196. The Hall–Kier alpha value is -4.09. The summed E-state index contributed by atoms with van der Waals surface area (Å²) in [6.45, 7) is -1.91. The number of carbonyl (C=O) groups is 1. The zero-order valence-electron chi connectivity index (χ0n) is 22.3. The minimum absolute atomic E-state index is 0.0260. The summed E-state index contributed by atoms with van der Waals surface area (Å²) < 4.78 is 82.8. The van der Waals surface area contributed by atoms with E-state index in [0.717, 1.165) is 18.3 Å². The van der Waals surface area contributed by atoms with Gasteiger partial charge in [0, 0.05) is 23.2 Å². The summed E-state index contributed by atoms with van der Waals surface area (Å²) in [5, 5.41) is 28.2. The molecule has 1 aliphatic carbocycles. The lowest BCUT2D eigenvalue weighted by Gasteiger charge is -2.15. The van der Waals surface area contributed by atoms with Gasteiger partial charge in [-0.1, -0.05) is 11.6 Å². The first-order chi connectivity index (χ1) is 20.6. The van der Waals surface area contributed by atoms with Crippen LogP contribution in [0.2, 0.25) is 5.02 Å². The van der Waals surface area contributed by atoms with Crippen LogP contribution in [-0.4, -0.2) is 68.0 Å². The Balaban J connectivity index is 1.57. The second kappa shape index (κ2) is 11.4. The molecule has 5 rings (SSSR count). The Morgan fingerprint density at radius 2 is 1.75 bits per heavy atom.